The van der Waals surface area contributed by atoms with E-state index in [1.807, 2.05) is 0 Å². The summed E-state index contributed by atoms with van der Waals surface area (Å²) in [5.74, 6) is 0. The maximum absolute atomic E-state index is 12.7. The van der Waals surface area contributed by atoms with Gasteiger partial charge in [0.25, 0.3) is 0 Å². The summed E-state index contributed by atoms with van der Waals surface area (Å²) in [5, 5.41) is 0.378. The third kappa shape index (κ3) is 2.31. The van der Waals surface area contributed by atoms with Crippen LogP contribution < -0.4 is 5.73 Å². The Balaban J connectivity index is 2.41. The predicted molar refractivity (Wildman–Crippen MR) is 57.5 cm³/mol. The van der Waals surface area contributed by atoms with Crippen LogP contribution in [0.1, 0.15) is 35.3 Å². The van der Waals surface area contributed by atoms with Gasteiger partial charge in [-0.3, -0.25) is 0 Å². The Morgan fingerprint density at radius 3 is 2.65 bits per heavy atom. The Labute approximate surface area is 101 Å². The molecule has 7 heteroatoms. The molecular weight excluding hydrogens is 253 g/mol. The first-order valence-electron chi connectivity index (χ1n) is 5.28. The van der Waals surface area contributed by atoms with Crippen molar-refractivity contribution in [3.8, 4) is 0 Å². The van der Waals surface area contributed by atoms with Gasteiger partial charge in [0.1, 0.15) is 10.6 Å². The van der Waals surface area contributed by atoms with Gasteiger partial charge in [-0.05, 0) is 19.8 Å². The second-order valence-electron chi connectivity index (χ2n) is 4.18. The fourth-order valence-electron chi connectivity index (χ4n) is 1.89. The molecule has 1 aliphatic heterocycles. The average Bonchev–Trinajstić information content (AvgIpc) is 2.82. The van der Waals surface area contributed by atoms with Gasteiger partial charge in [-0.2, -0.15) is 13.2 Å². The van der Waals surface area contributed by atoms with Crippen molar-refractivity contribution in [1.82, 2.24) is 4.98 Å². The quantitative estimate of drug-likeness (QED) is 0.895. The van der Waals surface area contributed by atoms with E-state index in [4.69, 9.17) is 10.5 Å². The van der Waals surface area contributed by atoms with E-state index in [1.54, 1.807) is 6.92 Å². The van der Waals surface area contributed by atoms with Crippen molar-refractivity contribution < 1.29 is 17.9 Å². The molecule has 2 N–H and O–H groups in total. The second kappa shape index (κ2) is 4.22. The van der Waals surface area contributed by atoms with Gasteiger partial charge in [-0.25, -0.2) is 4.98 Å². The first kappa shape index (κ1) is 12.8. The average molecular weight is 266 g/mol. The van der Waals surface area contributed by atoms with E-state index in [9.17, 15) is 13.2 Å². The summed E-state index contributed by atoms with van der Waals surface area (Å²) in [6, 6.07) is 0. The standard InChI is InChI=1S/C10H13F3N2OS/c1-9(3-2-4-16-9)8-15-7(10(11,12)13)6(5-14)17-8/h2-5,14H2,1H3. The predicted octanol–water partition coefficient (Wildman–Crippen LogP) is 2.65. The van der Waals surface area contributed by atoms with E-state index in [-0.39, 0.29) is 11.4 Å². The zero-order chi connectivity index (χ0) is 12.7. The largest absolute Gasteiger partial charge is 0.434 e. The first-order valence-corrected chi connectivity index (χ1v) is 6.10. The second-order valence-corrected chi connectivity index (χ2v) is 5.26. The smallest absolute Gasteiger partial charge is 0.368 e. The van der Waals surface area contributed by atoms with E-state index < -0.39 is 17.5 Å². The number of ether oxygens (including phenoxy) is 1. The Bertz CT molecular complexity index is 410. The number of aromatic nitrogens is 1. The summed E-state index contributed by atoms with van der Waals surface area (Å²) in [7, 11) is 0. The molecule has 0 bridgehead atoms. The number of alkyl halides is 3. The van der Waals surface area contributed by atoms with Crippen LogP contribution in [0.3, 0.4) is 0 Å². The van der Waals surface area contributed by atoms with Gasteiger partial charge in [0.05, 0.1) is 4.88 Å². The third-order valence-electron chi connectivity index (χ3n) is 2.82. The van der Waals surface area contributed by atoms with Crippen LogP contribution >= 0.6 is 11.3 Å². The summed E-state index contributed by atoms with van der Waals surface area (Å²) >= 11 is 1.00. The third-order valence-corrected chi connectivity index (χ3v) is 4.15. The molecule has 0 radical (unpaired) electrons. The van der Waals surface area contributed by atoms with E-state index in [0.717, 1.165) is 17.8 Å². The molecule has 1 aromatic heterocycles. The molecule has 3 nitrogen and oxygen atoms in total. The van der Waals surface area contributed by atoms with E-state index >= 15 is 0 Å². The minimum Gasteiger partial charge on any atom is -0.368 e. The molecule has 0 aromatic carbocycles. The van der Waals surface area contributed by atoms with Crippen LogP contribution in [-0.4, -0.2) is 11.6 Å². The van der Waals surface area contributed by atoms with Crippen molar-refractivity contribution in [2.24, 2.45) is 5.73 Å². The van der Waals surface area contributed by atoms with Gasteiger partial charge in [-0.1, -0.05) is 0 Å². The molecule has 2 rings (SSSR count). The molecule has 1 aromatic rings. The summed E-state index contributed by atoms with van der Waals surface area (Å²) in [6.07, 6.45) is -2.91. The molecular formula is C10H13F3N2OS. The topological polar surface area (TPSA) is 48.1 Å². The minimum absolute atomic E-state index is 0.0734. The van der Waals surface area contributed by atoms with Gasteiger partial charge < -0.3 is 10.5 Å². The first-order chi connectivity index (χ1) is 7.87. The molecule has 0 amide bonds. The Hall–Kier alpha value is -0.660. The Morgan fingerprint density at radius 2 is 2.24 bits per heavy atom. The minimum atomic E-state index is -4.45. The van der Waals surface area contributed by atoms with Crippen LogP contribution in [-0.2, 0) is 23.1 Å². The molecule has 2 heterocycles. The van der Waals surface area contributed by atoms with Crippen LogP contribution in [0.5, 0.6) is 0 Å². The van der Waals surface area contributed by atoms with Gasteiger partial charge in [0, 0.05) is 13.2 Å². The monoisotopic (exact) mass is 266 g/mol. The summed E-state index contributed by atoms with van der Waals surface area (Å²) in [6.45, 7) is 2.19. The molecule has 17 heavy (non-hydrogen) atoms. The molecule has 0 saturated carbocycles. The van der Waals surface area contributed by atoms with Crippen LogP contribution in [0, 0.1) is 0 Å². The summed E-state index contributed by atoms with van der Waals surface area (Å²) in [4.78, 5) is 3.77. The van der Waals surface area contributed by atoms with E-state index in [1.165, 1.54) is 0 Å². The highest BCUT2D eigenvalue weighted by Gasteiger charge is 2.41. The number of nitrogens with zero attached hydrogens (tertiary/aromatic N) is 1. The SMILES string of the molecule is CC1(c2nc(C(F)(F)F)c(CN)s2)CCCO1. The lowest BCUT2D eigenvalue weighted by molar-refractivity contribution is -0.141. The number of rotatable bonds is 2. The fourth-order valence-corrected chi connectivity index (χ4v) is 2.97. The lowest BCUT2D eigenvalue weighted by Gasteiger charge is -2.19. The van der Waals surface area contributed by atoms with Gasteiger partial charge in [0.15, 0.2) is 5.69 Å². The molecule has 0 spiro atoms. The molecule has 1 fully saturated rings. The molecule has 1 unspecified atom stereocenters. The molecule has 1 aliphatic rings. The maximum Gasteiger partial charge on any atom is 0.434 e. The highest BCUT2D eigenvalue weighted by molar-refractivity contribution is 7.11. The van der Waals surface area contributed by atoms with Crippen molar-refractivity contribution in [3.63, 3.8) is 0 Å². The highest BCUT2D eigenvalue weighted by Crippen LogP contribution is 2.42. The summed E-state index contributed by atoms with van der Waals surface area (Å²) < 4.78 is 43.6. The molecule has 1 atom stereocenters. The van der Waals surface area contributed by atoms with Crippen molar-refractivity contribution in [1.29, 1.82) is 0 Å². The fraction of sp³-hybridized carbons (Fsp3) is 0.700. The Kier molecular flexibility index (Phi) is 3.17. The molecule has 1 saturated heterocycles. The van der Waals surface area contributed by atoms with E-state index in [2.05, 4.69) is 4.98 Å². The molecule has 0 aliphatic carbocycles. The van der Waals surface area contributed by atoms with Crippen LogP contribution in [0.2, 0.25) is 0 Å². The van der Waals surface area contributed by atoms with E-state index in [0.29, 0.717) is 18.0 Å². The molecule has 96 valence electrons. The lowest BCUT2D eigenvalue weighted by Crippen LogP contribution is -2.20. The van der Waals surface area contributed by atoms with Gasteiger partial charge >= 0.3 is 6.18 Å². The van der Waals surface area contributed by atoms with Crippen LogP contribution in [0.4, 0.5) is 13.2 Å². The zero-order valence-corrected chi connectivity index (χ0v) is 10.1. The zero-order valence-electron chi connectivity index (χ0n) is 9.30. The van der Waals surface area contributed by atoms with Gasteiger partial charge in [-0.15, -0.1) is 11.3 Å². The number of hydrogen-bond donors (Lipinski definition) is 1. The number of hydrogen-bond acceptors (Lipinski definition) is 4. The van der Waals surface area contributed by atoms with Gasteiger partial charge in [0.2, 0.25) is 0 Å². The normalized spacial score (nSPS) is 25.5. The van der Waals surface area contributed by atoms with Crippen LogP contribution in [0.25, 0.3) is 0 Å². The van der Waals surface area contributed by atoms with Crippen LogP contribution in [0.15, 0.2) is 0 Å². The lowest BCUT2D eigenvalue weighted by atomic mass is 10.0. The Morgan fingerprint density at radius 1 is 1.53 bits per heavy atom. The van der Waals surface area contributed by atoms with Crippen molar-refractivity contribution in [2.45, 2.75) is 38.1 Å². The number of nitrogens with two attached hydrogens (primary N) is 1. The number of halogens is 3. The van der Waals surface area contributed by atoms with Crippen molar-refractivity contribution >= 4 is 11.3 Å². The maximum atomic E-state index is 12.7. The number of thiazole rings is 1. The van der Waals surface area contributed by atoms with Crippen molar-refractivity contribution in [3.05, 3.63) is 15.6 Å². The highest BCUT2D eigenvalue weighted by atomic mass is 32.1. The van der Waals surface area contributed by atoms with Crippen molar-refractivity contribution in [2.75, 3.05) is 6.61 Å². The summed E-state index contributed by atoms with van der Waals surface area (Å²) in [5.41, 5.74) is 3.79.